The average molecular weight is 407 g/mol. The van der Waals surface area contributed by atoms with Crippen LogP contribution in [0.3, 0.4) is 0 Å². The fraction of sp³-hybridized carbons (Fsp3) is 0.300. The van der Waals surface area contributed by atoms with Crippen LogP contribution in [0.25, 0.3) is 0 Å². The normalized spacial score (nSPS) is 16.2. The lowest BCUT2D eigenvalue weighted by molar-refractivity contribution is -0.126. The number of nitrogens with one attached hydrogen (secondary N) is 1. The zero-order valence-electron chi connectivity index (χ0n) is 15.5. The van der Waals surface area contributed by atoms with Crippen molar-refractivity contribution in [2.75, 3.05) is 25.7 Å². The summed E-state index contributed by atoms with van der Waals surface area (Å²) in [5.41, 5.74) is 1.32. The smallest absolute Gasteiger partial charge is 0.227 e. The van der Waals surface area contributed by atoms with E-state index in [0.717, 1.165) is 5.56 Å². The molecule has 1 atom stereocenters. The molecule has 1 unspecified atom stereocenters. The van der Waals surface area contributed by atoms with Gasteiger partial charge >= 0.3 is 0 Å². The van der Waals surface area contributed by atoms with Gasteiger partial charge in [-0.15, -0.1) is 0 Å². The Morgan fingerprint density at radius 1 is 1.21 bits per heavy atom. The molecule has 148 valence electrons. The summed E-state index contributed by atoms with van der Waals surface area (Å²) in [6, 6.07) is 9.44. The predicted octanol–water partition coefficient (Wildman–Crippen LogP) is 3.17. The molecule has 1 aliphatic rings. The van der Waals surface area contributed by atoms with E-state index in [9.17, 15) is 14.0 Å². The van der Waals surface area contributed by atoms with E-state index in [-0.39, 0.29) is 29.8 Å². The summed E-state index contributed by atoms with van der Waals surface area (Å²) < 4.78 is 23.8. The number of hydrogen-bond acceptors (Lipinski definition) is 4. The van der Waals surface area contributed by atoms with Crippen LogP contribution in [0.2, 0.25) is 5.02 Å². The third kappa shape index (κ3) is 4.20. The molecule has 0 aromatic heterocycles. The third-order valence-electron chi connectivity index (χ3n) is 4.63. The zero-order chi connectivity index (χ0) is 20.3. The quantitative estimate of drug-likeness (QED) is 0.800. The van der Waals surface area contributed by atoms with Crippen LogP contribution < -0.4 is 19.7 Å². The lowest BCUT2D eigenvalue weighted by Gasteiger charge is -2.17. The highest BCUT2D eigenvalue weighted by atomic mass is 35.5. The number of carbonyl (C=O) groups excluding carboxylic acids is 2. The average Bonchev–Trinajstić information content (AvgIpc) is 3.09. The maximum absolute atomic E-state index is 13.3. The minimum atomic E-state index is -0.554. The van der Waals surface area contributed by atoms with E-state index in [2.05, 4.69) is 5.32 Å². The Bertz CT molecular complexity index is 906. The first-order chi connectivity index (χ1) is 13.4. The number of rotatable bonds is 6. The Kier molecular flexibility index (Phi) is 6.04. The number of amides is 2. The van der Waals surface area contributed by atoms with Crippen molar-refractivity contribution >= 4 is 29.1 Å². The van der Waals surface area contributed by atoms with Gasteiger partial charge in [0.15, 0.2) is 11.5 Å². The van der Waals surface area contributed by atoms with Gasteiger partial charge in [-0.25, -0.2) is 4.39 Å². The van der Waals surface area contributed by atoms with Gasteiger partial charge in [-0.3, -0.25) is 9.59 Å². The summed E-state index contributed by atoms with van der Waals surface area (Å²) in [5.74, 6) is -0.289. The summed E-state index contributed by atoms with van der Waals surface area (Å²) in [5, 5.41) is 2.78. The van der Waals surface area contributed by atoms with Crippen LogP contribution in [0.5, 0.6) is 11.5 Å². The number of nitrogens with zero attached hydrogens (tertiary/aromatic N) is 1. The fourth-order valence-electron chi connectivity index (χ4n) is 3.11. The van der Waals surface area contributed by atoms with Gasteiger partial charge in [0.05, 0.1) is 25.2 Å². The van der Waals surface area contributed by atoms with E-state index < -0.39 is 11.7 Å². The molecule has 0 bridgehead atoms. The molecule has 1 aliphatic heterocycles. The first kappa shape index (κ1) is 19.9. The molecular weight excluding hydrogens is 387 g/mol. The maximum atomic E-state index is 13.3. The van der Waals surface area contributed by atoms with Crippen LogP contribution in [0.4, 0.5) is 10.1 Å². The monoisotopic (exact) mass is 406 g/mol. The SMILES string of the molecule is COc1ccc(CNC(=O)C2CC(=O)N(c3ccc(F)c(Cl)c3)C2)cc1OC. The van der Waals surface area contributed by atoms with Crippen LogP contribution in [0, 0.1) is 11.7 Å². The van der Waals surface area contributed by atoms with Crippen molar-refractivity contribution in [3.05, 3.63) is 52.8 Å². The summed E-state index contributed by atoms with van der Waals surface area (Å²) in [4.78, 5) is 26.3. The number of anilines is 1. The molecule has 0 radical (unpaired) electrons. The predicted molar refractivity (Wildman–Crippen MR) is 103 cm³/mol. The van der Waals surface area contributed by atoms with Crippen molar-refractivity contribution in [1.82, 2.24) is 5.32 Å². The molecule has 0 spiro atoms. The van der Waals surface area contributed by atoms with Crippen molar-refractivity contribution in [1.29, 1.82) is 0 Å². The highest BCUT2D eigenvalue weighted by Crippen LogP contribution is 2.29. The van der Waals surface area contributed by atoms with Gasteiger partial charge in [0.1, 0.15) is 5.82 Å². The van der Waals surface area contributed by atoms with E-state index in [1.807, 2.05) is 6.07 Å². The Morgan fingerprint density at radius 3 is 2.64 bits per heavy atom. The molecule has 2 aromatic rings. The molecule has 1 heterocycles. The largest absolute Gasteiger partial charge is 0.493 e. The summed E-state index contributed by atoms with van der Waals surface area (Å²) in [6.07, 6.45) is 0.0900. The van der Waals surface area contributed by atoms with Crippen molar-refractivity contribution in [3.8, 4) is 11.5 Å². The molecule has 1 saturated heterocycles. The molecule has 6 nitrogen and oxygen atoms in total. The lowest BCUT2D eigenvalue weighted by atomic mass is 10.1. The number of hydrogen-bond donors (Lipinski definition) is 1. The molecule has 8 heteroatoms. The summed E-state index contributed by atoms with van der Waals surface area (Å²) in [6.45, 7) is 0.519. The Hall–Kier alpha value is -2.80. The summed E-state index contributed by atoms with van der Waals surface area (Å²) >= 11 is 5.79. The molecule has 2 amide bonds. The molecule has 0 aliphatic carbocycles. The van der Waals surface area contributed by atoms with Gasteiger partial charge in [0.25, 0.3) is 0 Å². The van der Waals surface area contributed by atoms with Crippen LogP contribution in [0.1, 0.15) is 12.0 Å². The first-order valence-electron chi connectivity index (χ1n) is 8.67. The van der Waals surface area contributed by atoms with E-state index in [0.29, 0.717) is 23.7 Å². The Labute approximate surface area is 167 Å². The zero-order valence-corrected chi connectivity index (χ0v) is 16.3. The van der Waals surface area contributed by atoms with Crippen molar-refractivity contribution < 1.29 is 23.5 Å². The fourth-order valence-corrected chi connectivity index (χ4v) is 3.28. The van der Waals surface area contributed by atoms with Crippen molar-refractivity contribution in [2.45, 2.75) is 13.0 Å². The second-order valence-electron chi connectivity index (χ2n) is 6.41. The van der Waals surface area contributed by atoms with Gasteiger partial charge < -0.3 is 19.7 Å². The molecule has 3 rings (SSSR count). The van der Waals surface area contributed by atoms with Gasteiger partial charge in [-0.1, -0.05) is 17.7 Å². The van der Waals surface area contributed by atoms with E-state index in [4.69, 9.17) is 21.1 Å². The van der Waals surface area contributed by atoms with Crippen LogP contribution in [0.15, 0.2) is 36.4 Å². The van der Waals surface area contributed by atoms with Crippen LogP contribution in [-0.4, -0.2) is 32.6 Å². The topological polar surface area (TPSA) is 67.9 Å². The van der Waals surface area contributed by atoms with E-state index in [1.165, 1.54) is 23.1 Å². The van der Waals surface area contributed by atoms with Gasteiger partial charge in [0, 0.05) is 25.2 Å². The molecule has 0 saturated carbocycles. The third-order valence-corrected chi connectivity index (χ3v) is 4.92. The number of methoxy groups -OCH3 is 2. The molecule has 1 fully saturated rings. The van der Waals surface area contributed by atoms with Crippen LogP contribution in [-0.2, 0) is 16.1 Å². The number of ether oxygens (including phenoxy) is 2. The van der Waals surface area contributed by atoms with Gasteiger partial charge in [-0.2, -0.15) is 0 Å². The second kappa shape index (κ2) is 8.48. The Balaban J connectivity index is 1.62. The highest BCUT2D eigenvalue weighted by molar-refractivity contribution is 6.31. The highest BCUT2D eigenvalue weighted by Gasteiger charge is 2.35. The van der Waals surface area contributed by atoms with Crippen LogP contribution >= 0.6 is 11.6 Å². The van der Waals surface area contributed by atoms with Crippen molar-refractivity contribution in [2.24, 2.45) is 5.92 Å². The minimum absolute atomic E-state index is 0.0633. The number of carbonyl (C=O) groups is 2. The van der Waals surface area contributed by atoms with Crippen molar-refractivity contribution in [3.63, 3.8) is 0 Å². The second-order valence-corrected chi connectivity index (χ2v) is 6.82. The Morgan fingerprint density at radius 2 is 1.96 bits per heavy atom. The summed E-state index contributed by atoms with van der Waals surface area (Å²) in [7, 11) is 3.09. The molecule has 1 N–H and O–H groups in total. The van der Waals surface area contributed by atoms with E-state index in [1.54, 1.807) is 26.4 Å². The van der Waals surface area contributed by atoms with E-state index >= 15 is 0 Å². The number of halogens is 2. The number of benzene rings is 2. The molecular formula is C20H20ClFN2O4. The maximum Gasteiger partial charge on any atom is 0.227 e. The molecule has 28 heavy (non-hydrogen) atoms. The molecule has 2 aromatic carbocycles. The first-order valence-corrected chi connectivity index (χ1v) is 9.04. The standard InChI is InChI=1S/C20H20ClFN2O4/c1-27-17-6-3-12(7-18(17)28-2)10-23-20(26)13-8-19(25)24(11-13)14-4-5-16(22)15(21)9-14/h3-7,9,13H,8,10-11H2,1-2H3,(H,23,26). The minimum Gasteiger partial charge on any atom is -0.493 e. The van der Waals surface area contributed by atoms with Gasteiger partial charge in [-0.05, 0) is 35.9 Å². The lowest BCUT2D eigenvalue weighted by Crippen LogP contribution is -2.32. The van der Waals surface area contributed by atoms with Gasteiger partial charge in [0.2, 0.25) is 11.8 Å².